The van der Waals surface area contributed by atoms with Gasteiger partial charge in [0.1, 0.15) is 6.04 Å². The van der Waals surface area contributed by atoms with E-state index < -0.39 is 12.0 Å². The van der Waals surface area contributed by atoms with E-state index in [4.69, 9.17) is 4.74 Å². The van der Waals surface area contributed by atoms with Gasteiger partial charge < -0.3 is 15.2 Å². The molecule has 2 aliphatic rings. The van der Waals surface area contributed by atoms with Crippen molar-refractivity contribution in [2.45, 2.75) is 24.9 Å². The molecule has 2 saturated heterocycles. The van der Waals surface area contributed by atoms with Gasteiger partial charge in [0, 0.05) is 19.7 Å². The lowest BCUT2D eigenvalue weighted by atomic mass is 9.90. The minimum atomic E-state index is -0.883. The van der Waals surface area contributed by atoms with Crippen LogP contribution in [0.5, 0.6) is 0 Å². The van der Waals surface area contributed by atoms with Crippen LogP contribution in [0.2, 0.25) is 0 Å². The van der Waals surface area contributed by atoms with Gasteiger partial charge in [0.25, 0.3) is 0 Å². The highest BCUT2D eigenvalue weighted by Crippen LogP contribution is 2.28. The van der Waals surface area contributed by atoms with Crippen LogP contribution in [0.4, 0.5) is 0 Å². The topological polar surface area (TPSA) is 78.9 Å². The van der Waals surface area contributed by atoms with Crippen LogP contribution in [0.25, 0.3) is 0 Å². The highest BCUT2D eigenvalue weighted by Gasteiger charge is 2.44. The van der Waals surface area contributed by atoms with Crippen molar-refractivity contribution in [2.75, 3.05) is 26.8 Å². The Balaban J connectivity index is 2.13. The van der Waals surface area contributed by atoms with E-state index in [2.05, 4.69) is 5.32 Å². The van der Waals surface area contributed by atoms with Gasteiger partial charge in [-0.05, 0) is 19.4 Å². The van der Waals surface area contributed by atoms with Crippen molar-refractivity contribution >= 4 is 11.9 Å². The molecule has 0 aromatic heterocycles. The van der Waals surface area contributed by atoms with Gasteiger partial charge in [-0.15, -0.1) is 0 Å². The Bertz CT molecular complexity index is 321. The Morgan fingerprint density at radius 1 is 1.71 bits per heavy atom. The SMILES string of the molecule is COCC(C(=O)O)N1CCCC2C(=O)NCC21. The number of amides is 1. The third kappa shape index (κ3) is 2.28. The zero-order valence-corrected chi connectivity index (χ0v) is 9.89. The Hall–Kier alpha value is -1.14. The maximum Gasteiger partial charge on any atom is 0.323 e. The molecule has 2 fully saturated rings. The Labute approximate surface area is 99.9 Å². The summed E-state index contributed by atoms with van der Waals surface area (Å²) in [4.78, 5) is 24.7. The number of carbonyl (C=O) groups is 2. The number of nitrogens with one attached hydrogen (secondary N) is 1. The van der Waals surface area contributed by atoms with Crippen molar-refractivity contribution in [1.29, 1.82) is 0 Å². The highest BCUT2D eigenvalue weighted by atomic mass is 16.5. The van der Waals surface area contributed by atoms with Gasteiger partial charge in [-0.2, -0.15) is 0 Å². The molecule has 0 bridgehead atoms. The highest BCUT2D eigenvalue weighted by molar-refractivity contribution is 5.82. The third-order valence-corrected chi connectivity index (χ3v) is 3.65. The fraction of sp³-hybridized carbons (Fsp3) is 0.818. The summed E-state index contributed by atoms with van der Waals surface area (Å²) in [5.74, 6) is -0.879. The molecule has 0 aromatic carbocycles. The molecular weight excluding hydrogens is 224 g/mol. The normalized spacial score (nSPS) is 30.8. The summed E-state index contributed by atoms with van der Waals surface area (Å²) in [6, 6.07) is -0.645. The van der Waals surface area contributed by atoms with Crippen LogP contribution in [-0.4, -0.2) is 60.8 Å². The molecule has 2 N–H and O–H groups in total. The molecule has 1 amide bonds. The lowest BCUT2D eigenvalue weighted by Gasteiger charge is -2.39. The molecule has 96 valence electrons. The van der Waals surface area contributed by atoms with Crippen LogP contribution in [0.1, 0.15) is 12.8 Å². The van der Waals surface area contributed by atoms with E-state index in [9.17, 15) is 14.7 Å². The van der Waals surface area contributed by atoms with Crippen molar-refractivity contribution in [3.8, 4) is 0 Å². The second kappa shape index (κ2) is 5.01. The number of rotatable bonds is 4. The molecule has 6 heteroatoms. The molecule has 0 aliphatic carbocycles. The van der Waals surface area contributed by atoms with E-state index in [-0.39, 0.29) is 24.5 Å². The number of piperidine rings is 1. The number of fused-ring (bicyclic) bond motifs is 1. The van der Waals surface area contributed by atoms with E-state index in [0.717, 1.165) is 19.4 Å². The molecule has 2 aliphatic heterocycles. The summed E-state index contributed by atoms with van der Waals surface area (Å²) in [5.41, 5.74) is 0. The molecule has 2 rings (SSSR count). The number of carboxylic acid groups (broad SMARTS) is 1. The van der Waals surface area contributed by atoms with E-state index >= 15 is 0 Å². The fourth-order valence-electron chi connectivity index (χ4n) is 2.84. The molecule has 0 radical (unpaired) electrons. The summed E-state index contributed by atoms with van der Waals surface area (Å²) in [6.07, 6.45) is 1.72. The first-order chi connectivity index (χ1) is 8.15. The zero-order valence-electron chi connectivity index (χ0n) is 9.89. The summed E-state index contributed by atoms with van der Waals surface area (Å²) in [7, 11) is 1.50. The Morgan fingerprint density at radius 3 is 3.12 bits per heavy atom. The smallest absolute Gasteiger partial charge is 0.323 e. The van der Waals surface area contributed by atoms with Crippen molar-refractivity contribution in [1.82, 2.24) is 10.2 Å². The molecule has 6 nitrogen and oxygen atoms in total. The van der Waals surface area contributed by atoms with Crippen LogP contribution in [-0.2, 0) is 14.3 Å². The van der Waals surface area contributed by atoms with Crippen molar-refractivity contribution in [3.05, 3.63) is 0 Å². The minimum Gasteiger partial charge on any atom is -0.480 e. The van der Waals surface area contributed by atoms with Crippen molar-refractivity contribution in [2.24, 2.45) is 5.92 Å². The third-order valence-electron chi connectivity index (χ3n) is 3.65. The number of aliphatic carboxylic acids is 1. The maximum atomic E-state index is 11.6. The largest absolute Gasteiger partial charge is 0.480 e. The van der Waals surface area contributed by atoms with Crippen molar-refractivity contribution in [3.63, 3.8) is 0 Å². The lowest BCUT2D eigenvalue weighted by Crippen LogP contribution is -2.55. The summed E-state index contributed by atoms with van der Waals surface area (Å²) < 4.78 is 4.97. The fourth-order valence-corrected chi connectivity index (χ4v) is 2.84. The first kappa shape index (κ1) is 12.3. The van der Waals surface area contributed by atoms with E-state index in [0.29, 0.717) is 6.54 Å². The zero-order chi connectivity index (χ0) is 12.4. The molecule has 0 aromatic rings. The first-order valence-corrected chi connectivity index (χ1v) is 5.90. The van der Waals surface area contributed by atoms with Crippen molar-refractivity contribution < 1.29 is 19.4 Å². The second-order valence-electron chi connectivity index (χ2n) is 4.61. The Morgan fingerprint density at radius 2 is 2.47 bits per heavy atom. The van der Waals surface area contributed by atoms with E-state index in [1.165, 1.54) is 7.11 Å². The molecule has 0 spiro atoms. The number of ether oxygens (including phenoxy) is 1. The van der Waals surface area contributed by atoms with Crippen LogP contribution >= 0.6 is 0 Å². The number of nitrogens with zero attached hydrogens (tertiary/aromatic N) is 1. The van der Waals surface area contributed by atoms with Crippen LogP contribution < -0.4 is 5.32 Å². The first-order valence-electron chi connectivity index (χ1n) is 5.90. The van der Waals surface area contributed by atoms with Crippen LogP contribution in [0.3, 0.4) is 0 Å². The maximum absolute atomic E-state index is 11.6. The predicted octanol–water partition coefficient (Wildman–Crippen LogP) is -0.704. The summed E-state index contributed by atoms with van der Waals surface area (Å²) in [5, 5.41) is 12.0. The van der Waals surface area contributed by atoms with E-state index in [1.807, 2.05) is 4.90 Å². The van der Waals surface area contributed by atoms with Gasteiger partial charge in [0.2, 0.25) is 5.91 Å². The molecule has 17 heavy (non-hydrogen) atoms. The summed E-state index contributed by atoms with van der Waals surface area (Å²) >= 11 is 0. The van der Waals surface area contributed by atoms with Crippen LogP contribution in [0.15, 0.2) is 0 Å². The van der Waals surface area contributed by atoms with Gasteiger partial charge in [-0.1, -0.05) is 0 Å². The lowest BCUT2D eigenvalue weighted by molar-refractivity contribution is -0.148. The number of methoxy groups -OCH3 is 1. The number of carbonyl (C=O) groups excluding carboxylic acids is 1. The molecule has 2 heterocycles. The number of carboxylic acids is 1. The molecule has 0 saturated carbocycles. The van der Waals surface area contributed by atoms with E-state index in [1.54, 1.807) is 0 Å². The summed E-state index contributed by atoms with van der Waals surface area (Å²) in [6.45, 7) is 1.43. The quantitative estimate of drug-likeness (QED) is 0.681. The standard InChI is InChI=1S/C11H18N2O4/c1-17-6-9(11(15)16)13-4-2-3-7-8(13)5-12-10(7)14/h7-9H,2-6H2,1H3,(H,12,14)(H,15,16). The average molecular weight is 242 g/mol. The van der Waals surface area contributed by atoms with Crippen LogP contribution in [0, 0.1) is 5.92 Å². The molecule has 3 atom stereocenters. The number of hydrogen-bond acceptors (Lipinski definition) is 4. The second-order valence-corrected chi connectivity index (χ2v) is 4.61. The van der Waals surface area contributed by atoms with Gasteiger partial charge in [-0.25, -0.2) is 0 Å². The number of hydrogen-bond donors (Lipinski definition) is 2. The molecular formula is C11H18N2O4. The van der Waals surface area contributed by atoms with Gasteiger partial charge >= 0.3 is 5.97 Å². The van der Waals surface area contributed by atoms with Gasteiger partial charge in [-0.3, -0.25) is 14.5 Å². The molecule has 3 unspecified atom stereocenters. The van der Waals surface area contributed by atoms with Gasteiger partial charge in [0.05, 0.1) is 12.5 Å². The van der Waals surface area contributed by atoms with Gasteiger partial charge in [0.15, 0.2) is 0 Å². The minimum absolute atomic E-state index is 0.00694. The monoisotopic (exact) mass is 242 g/mol. The predicted molar refractivity (Wildman–Crippen MR) is 59.5 cm³/mol. The average Bonchev–Trinajstić information content (AvgIpc) is 2.68. The Kier molecular flexibility index (Phi) is 3.63. The number of likely N-dealkylation sites (tertiary alicyclic amines) is 1.